The van der Waals surface area contributed by atoms with Crippen molar-refractivity contribution in [1.29, 1.82) is 5.39 Å². The topological polar surface area (TPSA) is 71.3 Å². The van der Waals surface area contributed by atoms with E-state index in [-0.39, 0.29) is 12.4 Å². The van der Waals surface area contributed by atoms with Crippen LogP contribution < -0.4 is 12.4 Å². The van der Waals surface area contributed by atoms with Gasteiger partial charge in [-0.25, -0.2) is 0 Å². The quantitative estimate of drug-likeness (QED) is 0.405. The Morgan fingerprint density at radius 1 is 1.38 bits per heavy atom. The van der Waals surface area contributed by atoms with Crippen molar-refractivity contribution in [1.82, 2.24) is 0 Å². The molecule has 0 aliphatic rings. The smallest absolute Gasteiger partial charge is 0.424 e. The van der Waals surface area contributed by atoms with Crippen molar-refractivity contribution in [3.63, 3.8) is 0 Å². The first-order chi connectivity index (χ1) is 6.86. The van der Waals surface area contributed by atoms with E-state index < -0.39 is 28.0 Å². The molecule has 0 atom stereocenters. The highest BCUT2D eigenvalue weighted by atomic mass is 35.5. The molecule has 0 radical (unpaired) electrons. The van der Waals surface area contributed by atoms with Gasteiger partial charge in [-0.3, -0.25) is 10.1 Å². The number of benzene rings is 1. The molecule has 0 aliphatic carbocycles. The number of non-ortho nitro benzene ring substituents is 1. The van der Waals surface area contributed by atoms with Crippen molar-refractivity contribution < 1.29 is 30.5 Å². The lowest BCUT2D eigenvalue weighted by molar-refractivity contribution is -0.385. The maximum Gasteiger partial charge on any atom is 0.424 e. The number of hydrogen-bond donors (Lipinski definition) is 0. The molecule has 86 valence electrons. The summed E-state index contributed by atoms with van der Waals surface area (Å²) in [6.45, 7) is 0. The molecule has 1 aromatic rings. The summed E-state index contributed by atoms with van der Waals surface area (Å²) in [5.74, 6) is 0. The van der Waals surface area contributed by atoms with Crippen LogP contribution in [0.1, 0.15) is 5.56 Å². The molecule has 5 nitrogen and oxygen atoms in total. The third kappa shape index (κ3) is 2.80. The van der Waals surface area contributed by atoms with E-state index in [1.165, 1.54) is 0 Å². The molecular formula is C7H3ClF3N3O2. The molecule has 0 fully saturated rings. The minimum Gasteiger partial charge on any atom is -1.00 e. The lowest BCUT2D eigenvalue weighted by atomic mass is 10.1. The first-order valence-corrected chi connectivity index (χ1v) is 3.57. The molecule has 1 aromatic carbocycles. The van der Waals surface area contributed by atoms with E-state index in [1.807, 2.05) is 0 Å². The molecular weight excluding hydrogens is 251 g/mol. The fourth-order valence-corrected chi connectivity index (χ4v) is 0.952. The van der Waals surface area contributed by atoms with Gasteiger partial charge in [-0.15, -0.1) is 0 Å². The molecule has 0 spiro atoms. The van der Waals surface area contributed by atoms with Gasteiger partial charge in [0.15, 0.2) is 10.5 Å². The van der Waals surface area contributed by atoms with Crippen LogP contribution in [0.25, 0.3) is 4.98 Å². The maximum absolute atomic E-state index is 12.3. The van der Waals surface area contributed by atoms with Gasteiger partial charge in [0.05, 0.1) is 4.92 Å². The summed E-state index contributed by atoms with van der Waals surface area (Å²) >= 11 is 0. The number of hydrogen-bond acceptors (Lipinski definition) is 3. The molecule has 0 heterocycles. The highest BCUT2D eigenvalue weighted by Gasteiger charge is 2.40. The number of halogens is 4. The van der Waals surface area contributed by atoms with Crippen molar-refractivity contribution in [2.45, 2.75) is 6.18 Å². The van der Waals surface area contributed by atoms with Gasteiger partial charge in [0.2, 0.25) is 5.39 Å². The summed E-state index contributed by atoms with van der Waals surface area (Å²) in [6, 6.07) is 1.86. The Hall–Kier alpha value is -1.88. The maximum atomic E-state index is 12.3. The number of rotatable bonds is 1. The molecule has 0 aromatic heterocycles. The second kappa shape index (κ2) is 4.76. The van der Waals surface area contributed by atoms with Gasteiger partial charge >= 0.3 is 11.9 Å². The van der Waals surface area contributed by atoms with Gasteiger partial charge in [-0.1, -0.05) is 0 Å². The Kier molecular flexibility index (Phi) is 4.20. The second-order valence-corrected chi connectivity index (χ2v) is 2.56. The van der Waals surface area contributed by atoms with Crippen LogP contribution in [0, 0.1) is 15.5 Å². The van der Waals surface area contributed by atoms with Crippen molar-refractivity contribution in [2.75, 3.05) is 0 Å². The highest BCUT2D eigenvalue weighted by Crippen LogP contribution is 2.38. The first-order valence-electron chi connectivity index (χ1n) is 3.57. The summed E-state index contributed by atoms with van der Waals surface area (Å²) in [4.78, 5) is 11.7. The van der Waals surface area contributed by atoms with Crippen molar-refractivity contribution >= 4 is 11.4 Å². The molecule has 0 saturated heterocycles. The average Bonchev–Trinajstić information content (AvgIpc) is 2.15. The third-order valence-corrected chi connectivity index (χ3v) is 1.60. The molecule has 0 N–H and O–H groups in total. The van der Waals surface area contributed by atoms with Gasteiger partial charge in [0, 0.05) is 18.2 Å². The molecule has 0 unspecified atom stereocenters. The summed E-state index contributed by atoms with van der Waals surface area (Å²) in [7, 11) is 0. The Bertz CT molecular complexity index is 455. The minimum absolute atomic E-state index is 0. The minimum atomic E-state index is -4.80. The van der Waals surface area contributed by atoms with Crippen LogP contribution in [-0.4, -0.2) is 4.92 Å². The summed E-state index contributed by atoms with van der Waals surface area (Å²) in [5, 5.41) is 18.5. The molecule has 0 bridgehead atoms. The van der Waals surface area contributed by atoms with Crippen LogP contribution in [0.15, 0.2) is 18.2 Å². The largest absolute Gasteiger partial charge is 1.00 e. The van der Waals surface area contributed by atoms with E-state index in [0.29, 0.717) is 6.07 Å². The predicted molar refractivity (Wildman–Crippen MR) is 42.8 cm³/mol. The van der Waals surface area contributed by atoms with Gasteiger partial charge in [-0.05, 0) is 0 Å². The molecule has 1 rings (SSSR count). The van der Waals surface area contributed by atoms with Gasteiger partial charge < -0.3 is 12.4 Å². The average molecular weight is 254 g/mol. The van der Waals surface area contributed by atoms with Crippen LogP contribution in [-0.2, 0) is 6.18 Å². The number of nitro benzene ring substituents is 1. The van der Waals surface area contributed by atoms with Crippen LogP contribution in [0.5, 0.6) is 0 Å². The lowest BCUT2D eigenvalue weighted by Crippen LogP contribution is -3.00. The van der Waals surface area contributed by atoms with Crippen molar-refractivity contribution in [3.05, 3.63) is 38.9 Å². The fraction of sp³-hybridized carbons (Fsp3) is 0.143. The van der Waals surface area contributed by atoms with Crippen LogP contribution in [0.2, 0.25) is 0 Å². The van der Waals surface area contributed by atoms with Gasteiger partial charge in [0.25, 0.3) is 5.69 Å². The predicted octanol–water partition coefficient (Wildman–Crippen LogP) is 0.102. The molecule has 9 heteroatoms. The van der Waals surface area contributed by atoms with Crippen molar-refractivity contribution in [2.24, 2.45) is 0 Å². The number of diazo groups is 1. The second-order valence-electron chi connectivity index (χ2n) is 2.56. The van der Waals surface area contributed by atoms with E-state index in [4.69, 9.17) is 5.39 Å². The van der Waals surface area contributed by atoms with Crippen LogP contribution in [0.3, 0.4) is 0 Å². The standard InChI is InChI=1S/C7H3F3N3O2.ClH/c8-7(9,10)5-3-4(13(14)15)1-2-6(5)12-11;/h1-3H;1H/q+1;/p-1. The normalized spacial score (nSPS) is 10.1. The van der Waals surface area contributed by atoms with Crippen LogP contribution >= 0.6 is 0 Å². The van der Waals surface area contributed by atoms with Gasteiger partial charge in [-0.2, -0.15) is 13.2 Å². The zero-order valence-corrected chi connectivity index (χ0v) is 8.16. The van der Waals surface area contributed by atoms with E-state index in [2.05, 4.69) is 4.98 Å². The van der Waals surface area contributed by atoms with Crippen LogP contribution in [0.4, 0.5) is 24.5 Å². The van der Waals surface area contributed by atoms with E-state index in [0.717, 1.165) is 12.1 Å². The summed E-state index contributed by atoms with van der Waals surface area (Å²) < 4.78 is 36.9. The Morgan fingerprint density at radius 2 is 1.94 bits per heavy atom. The summed E-state index contributed by atoms with van der Waals surface area (Å²) in [5.41, 5.74) is -2.82. The monoisotopic (exact) mass is 253 g/mol. The van der Waals surface area contributed by atoms with Crippen molar-refractivity contribution in [3.8, 4) is 0 Å². The number of alkyl halides is 3. The molecule has 0 aliphatic heterocycles. The molecule has 16 heavy (non-hydrogen) atoms. The first kappa shape index (κ1) is 14.1. The SMILES string of the molecule is N#[N+]c1ccc([N+](=O)[O-])cc1C(F)(F)F.[Cl-]. The third-order valence-electron chi connectivity index (χ3n) is 1.60. The zero-order valence-electron chi connectivity index (χ0n) is 7.40. The van der Waals surface area contributed by atoms with Gasteiger partial charge in [0.1, 0.15) is 0 Å². The Balaban J connectivity index is 0.00000225. The van der Waals surface area contributed by atoms with E-state index >= 15 is 0 Å². The molecule has 0 amide bonds. The Morgan fingerprint density at radius 3 is 2.31 bits per heavy atom. The zero-order chi connectivity index (χ0) is 11.6. The highest BCUT2D eigenvalue weighted by molar-refractivity contribution is 5.57. The fourth-order valence-electron chi connectivity index (χ4n) is 0.952. The number of nitrogens with zero attached hydrogens (tertiary/aromatic N) is 3. The lowest BCUT2D eigenvalue weighted by Gasteiger charge is -2.02. The molecule has 0 saturated carbocycles. The number of nitro groups is 1. The van der Waals surface area contributed by atoms with E-state index in [9.17, 15) is 23.3 Å². The summed E-state index contributed by atoms with van der Waals surface area (Å²) in [6.07, 6.45) is -4.80. The van der Waals surface area contributed by atoms with E-state index in [1.54, 1.807) is 0 Å². The Labute approximate surface area is 93.1 Å².